The summed E-state index contributed by atoms with van der Waals surface area (Å²) in [6, 6.07) is 3.78. The van der Waals surface area contributed by atoms with Crippen LogP contribution >= 0.6 is 0 Å². The van der Waals surface area contributed by atoms with E-state index in [4.69, 9.17) is 9.47 Å². The normalized spacial score (nSPS) is 17.7. The molecule has 128 valence electrons. The lowest BCUT2D eigenvalue weighted by Gasteiger charge is -2.33. The lowest BCUT2D eigenvalue weighted by molar-refractivity contribution is 0.0671. The zero-order valence-corrected chi connectivity index (χ0v) is 13.8. The second-order valence-electron chi connectivity index (χ2n) is 5.75. The summed E-state index contributed by atoms with van der Waals surface area (Å²) in [7, 11) is 1.61. The van der Waals surface area contributed by atoms with Gasteiger partial charge in [0.1, 0.15) is 12.2 Å². The molecule has 0 aliphatic carbocycles. The van der Waals surface area contributed by atoms with Gasteiger partial charge < -0.3 is 18.9 Å². The van der Waals surface area contributed by atoms with Crippen LogP contribution in [0.5, 0.6) is 5.88 Å². The van der Waals surface area contributed by atoms with Gasteiger partial charge in [-0.2, -0.15) is 0 Å². The summed E-state index contributed by atoms with van der Waals surface area (Å²) >= 11 is 0. The molecule has 0 radical (unpaired) electrons. The Morgan fingerprint density at radius 3 is 3.08 bits per heavy atom. The van der Waals surface area contributed by atoms with Crippen LogP contribution in [0, 0.1) is 0 Å². The molecule has 0 aromatic carbocycles. The average Bonchev–Trinajstić information content (AvgIpc) is 3.17. The molecule has 1 atom stereocenters. The minimum absolute atomic E-state index is 0.0414. The number of rotatable bonds is 6. The van der Waals surface area contributed by atoms with Crippen molar-refractivity contribution in [1.82, 2.24) is 19.4 Å². The van der Waals surface area contributed by atoms with Crippen molar-refractivity contribution in [1.29, 1.82) is 0 Å². The Kier molecular flexibility index (Phi) is 5.43. The summed E-state index contributed by atoms with van der Waals surface area (Å²) in [4.78, 5) is 23.1. The van der Waals surface area contributed by atoms with Crippen molar-refractivity contribution >= 4 is 5.91 Å². The fourth-order valence-electron chi connectivity index (χ4n) is 2.93. The highest BCUT2D eigenvalue weighted by Gasteiger charge is 2.27. The zero-order chi connectivity index (χ0) is 16.8. The number of ether oxygens (including phenoxy) is 2. The Hall–Kier alpha value is -2.41. The minimum atomic E-state index is -0.0414. The molecule has 7 nitrogen and oxygen atoms in total. The van der Waals surface area contributed by atoms with E-state index in [-0.39, 0.29) is 11.9 Å². The van der Waals surface area contributed by atoms with Crippen molar-refractivity contribution in [3.05, 3.63) is 42.6 Å². The van der Waals surface area contributed by atoms with Gasteiger partial charge in [0.2, 0.25) is 5.88 Å². The molecule has 1 aliphatic rings. The average molecular weight is 330 g/mol. The molecule has 2 aromatic rings. The van der Waals surface area contributed by atoms with Crippen molar-refractivity contribution in [2.75, 3.05) is 33.4 Å². The van der Waals surface area contributed by atoms with E-state index in [1.807, 2.05) is 17.4 Å². The molecule has 0 bridgehead atoms. The molecule has 0 spiro atoms. The van der Waals surface area contributed by atoms with E-state index in [1.54, 1.807) is 31.6 Å². The molecule has 2 aromatic heterocycles. The number of piperidine rings is 1. The SMILES string of the molecule is COCCOc1ncccc1C(=O)N1CCC[C@H](n2ccnc2)C1. The molecular formula is C17H22N4O3. The number of nitrogens with zero attached hydrogens (tertiary/aromatic N) is 4. The largest absolute Gasteiger partial charge is 0.475 e. The molecule has 24 heavy (non-hydrogen) atoms. The van der Waals surface area contributed by atoms with Crippen LogP contribution in [-0.2, 0) is 4.74 Å². The van der Waals surface area contributed by atoms with Crippen molar-refractivity contribution < 1.29 is 14.3 Å². The third kappa shape index (κ3) is 3.73. The third-order valence-electron chi connectivity index (χ3n) is 4.16. The molecular weight excluding hydrogens is 308 g/mol. The van der Waals surface area contributed by atoms with Crippen LogP contribution in [0.25, 0.3) is 0 Å². The standard InChI is InChI=1S/C17H22N4O3/c1-23-10-11-24-16-15(5-2-6-19-16)17(22)20-8-3-4-14(12-20)21-9-7-18-13-21/h2,5-7,9,13-14H,3-4,8,10-12H2,1H3/t14-/m0/s1. The Morgan fingerprint density at radius 2 is 2.29 bits per heavy atom. The molecule has 1 saturated heterocycles. The van der Waals surface area contributed by atoms with Crippen LogP contribution in [-0.4, -0.2) is 58.8 Å². The highest BCUT2D eigenvalue weighted by molar-refractivity contribution is 5.96. The van der Waals surface area contributed by atoms with Gasteiger partial charge in [0.15, 0.2) is 0 Å². The topological polar surface area (TPSA) is 69.5 Å². The van der Waals surface area contributed by atoms with Crippen molar-refractivity contribution in [2.24, 2.45) is 0 Å². The molecule has 1 aliphatic heterocycles. The number of aromatic nitrogens is 3. The van der Waals surface area contributed by atoms with E-state index in [9.17, 15) is 4.79 Å². The number of likely N-dealkylation sites (tertiary alicyclic amines) is 1. The van der Waals surface area contributed by atoms with Crippen LogP contribution in [0.2, 0.25) is 0 Å². The van der Waals surface area contributed by atoms with Crippen LogP contribution < -0.4 is 4.74 Å². The maximum Gasteiger partial charge on any atom is 0.259 e. The Bertz CT molecular complexity index is 660. The molecule has 3 heterocycles. The van der Waals surface area contributed by atoms with Crippen LogP contribution in [0.15, 0.2) is 37.1 Å². The first-order valence-electron chi connectivity index (χ1n) is 8.13. The summed E-state index contributed by atoms with van der Waals surface area (Å²) in [5, 5.41) is 0. The van der Waals surface area contributed by atoms with E-state index < -0.39 is 0 Å². The summed E-state index contributed by atoms with van der Waals surface area (Å²) < 4.78 is 12.6. The second kappa shape index (κ2) is 7.92. The first kappa shape index (κ1) is 16.4. The Balaban J connectivity index is 1.71. The molecule has 7 heteroatoms. The molecule has 0 N–H and O–H groups in total. The van der Waals surface area contributed by atoms with Gasteiger partial charge in [0.05, 0.1) is 19.0 Å². The highest BCUT2D eigenvalue weighted by atomic mass is 16.5. The number of pyridine rings is 1. The first-order chi connectivity index (χ1) is 11.8. The predicted octanol–water partition coefficient (Wildman–Crippen LogP) is 1.78. The smallest absolute Gasteiger partial charge is 0.259 e. The van der Waals surface area contributed by atoms with E-state index in [2.05, 4.69) is 14.5 Å². The summed E-state index contributed by atoms with van der Waals surface area (Å²) in [6.07, 6.45) is 9.16. The van der Waals surface area contributed by atoms with Gasteiger partial charge in [-0.15, -0.1) is 0 Å². The van der Waals surface area contributed by atoms with Crippen LogP contribution in [0.3, 0.4) is 0 Å². The number of amides is 1. The van der Waals surface area contributed by atoms with E-state index in [1.165, 1.54) is 0 Å². The fraction of sp³-hybridized carbons (Fsp3) is 0.471. The quantitative estimate of drug-likeness (QED) is 0.755. The molecule has 1 fully saturated rings. The second-order valence-corrected chi connectivity index (χ2v) is 5.75. The van der Waals surface area contributed by atoms with Crippen molar-refractivity contribution in [3.63, 3.8) is 0 Å². The monoisotopic (exact) mass is 330 g/mol. The van der Waals surface area contributed by atoms with Gasteiger partial charge in [-0.3, -0.25) is 4.79 Å². The Labute approximate surface area is 141 Å². The van der Waals surface area contributed by atoms with Crippen LogP contribution in [0.4, 0.5) is 0 Å². The maximum atomic E-state index is 12.9. The third-order valence-corrected chi connectivity index (χ3v) is 4.16. The number of imidazole rings is 1. The number of carbonyl (C=O) groups excluding carboxylic acids is 1. The van der Waals surface area contributed by atoms with Gasteiger partial charge in [-0.25, -0.2) is 9.97 Å². The van der Waals surface area contributed by atoms with E-state index >= 15 is 0 Å². The summed E-state index contributed by atoms with van der Waals surface area (Å²) in [6.45, 7) is 2.24. The lowest BCUT2D eigenvalue weighted by Crippen LogP contribution is -2.40. The number of carbonyl (C=O) groups is 1. The lowest BCUT2D eigenvalue weighted by atomic mass is 10.0. The molecule has 0 saturated carbocycles. The zero-order valence-electron chi connectivity index (χ0n) is 13.8. The van der Waals surface area contributed by atoms with Gasteiger partial charge in [-0.05, 0) is 25.0 Å². The molecule has 1 amide bonds. The van der Waals surface area contributed by atoms with Crippen LogP contribution in [0.1, 0.15) is 29.2 Å². The summed E-state index contributed by atoms with van der Waals surface area (Å²) in [5.74, 6) is 0.324. The maximum absolute atomic E-state index is 12.9. The fourth-order valence-corrected chi connectivity index (χ4v) is 2.93. The van der Waals surface area contributed by atoms with Gasteiger partial charge in [0, 0.05) is 38.8 Å². The van der Waals surface area contributed by atoms with Crippen molar-refractivity contribution in [3.8, 4) is 5.88 Å². The van der Waals surface area contributed by atoms with E-state index in [0.717, 1.165) is 19.4 Å². The number of hydrogen-bond acceptors (Lipinski definition) is 5. The van der Waals surface area contributed by atoms with Gasteiger partial charge >= 0.3 is 0 Å². The van der Waals surface area contributed by atoms with Crippen molar-refractivity contribution in [2.45, 2.75) is 18.9 Å². The first-order valence-corrected chi connectivity index (χ1v) is 8.13. The van der Waals surface area contributed by atoms with Gasteiger partial charge in [0.25, 0.3) is 5.91 Å². The molecule has 3 rings (SSSR count). The number of methoxy groups -OCH3 is 1. The minimum Gasteiger partial charge on any atom is -0.475 e. The van der Waals surface area contributed by atoms with Gasteiger partial charge in [-0.1, -0.05) is 0 Å². The number of hydrogen-bond donors (Lipinski definition) is 0. The molecule has 0 unspecified atom stereocenters. The predicted molar refractivity (Wildman–Crippen MR) is 88.0 cm³/mol. The summed E-state index contributed by atoms with van der Waals surface area (Å²) in [5.41, 5.74) is 0.500. The Morgan fingerprint density at radius 1 is 1.38 bits per heavy atom. The van der Waals surface area contributed by atoms with E-state index in [0.29, 0.717) is 31.2 Å². The highest BCUT2D eigenvalue weighted by Crippen LogP contribution is 2.24.